The van der Waals surface area contributed by atoms with Crippen LogP contribution < -0.4 is 5.32 Å². The van der Waals surface area contributed by atoms with Crippen LogP contribution in [0.2, 0.25) is 0 Å². The third kappa shape index (κ3) is 3.71. The Hall–Kier alpha value is -2.05. The fourth-order valence-electron chi connectivity index (χ4n) is 2.80. The first-order valence-electron chi connectivity index (χ1n) is 8.34. The highest BCUT2D eigenvalue weighted by molar-refractivity contribution is 7.86. The Kier molecular flexibility index (Phi) is 5.84. The molecule has 0 unspecified atom stereocenters. The minimum atomic E-state index is -1.65. The van der Waals surface area contributed by atoms with Crippen LogP contribution in [-0.2, 0) is 27.9 Å². The molecule has 0 saturated carbocycles. The van der Waals surface area contributed by atoms with Crippen molar-refractivity contribution in [2.75, 3.05) is 0 Å². The predicted molar refractivity (Wildman–Crippen MR) is 103 cm³/mol. The lowest BCUT2D eigenvalue weighted by molar-refractivity contribution is -0.123. The average Bonchev–Trinajstić information content (AvgIpc) is 2.97. The molecule has 2 aromatic rings. The van der Waals surface area contributed by atoms with Gasteiger partial charge < -0.3 is 5.32 Å². The molecular formula is C19H20ClN3O2S. The first-order valence-corrected chi connectivity index (χ1v) is 10.1. The Balaban J connectivity index is 1.81. The van der Waals surface area contributed by atoms with Crippen LogP contribution in [0.25, 0.3) is 0 Å². The van der Waals surface area contributed by atoms with Gasteiger partial charge in [-0.25, -0.2) is 0 Å². The first kappa shape index (κ1) is 18.7. The Morgan fingerprint density at radius 3 is 2.23 bits per heavy atom. The number of hydrogen-bond acceptors (Lipinski definition) is 4. The second-order valence-corrected chi connectivity index (χ2v) is 8.27. The number of carbonyl (C=O) groups is 1. The molecular weight excluding hydrogens is 370 g/mol. The van der Waals surface area contributed by atoms with E-state index in [4.69, 9.17) is 11.6 Å². The quantitative estimate of drug-likeness (QED) is 0.769. The molecule has 5 nitrogen and oxygen atoms in total. The van der Waals surface area contributed by atoms with Gasteiger partial charge in [0, 0.05) is 6.54 Å². The van der Waals surface area contributed by atoms with E-state index >= 15 is 0 Å². The number of alkyl halides is 1. The summed E-state index contributed by atoms with van der Waals surface area (Å²) < 4.78 is 13.2. The first-order chi connectivity index (χ1) is 12.5. The number of benzene rings is 2. The third-order valence-electron chi connectivity index (χ3n) is 4.29. The number of halogens is 1. The van der Waals surface area contributed by atoms with E-state index in [1.165, 1.54) is 0 Å². The zero-order chi connectivity index (χ0) is 18.6. The Morgan fingerprint density at radius 1 is 1.12 bits per heavy atom. The van der Waals surface area contributed by atoms with Crippen molar-refractivity contribution in [3.8, 4) is 0 Å². The maximum absolute atomic E-state index is 13.2. The van der Waals surface area contributed by atoms with Gasteiger partial charge in [0.1, 0.15) is 5.38 Å². The van der Waals surface area contributed by atoms with Gasteiger partial charge in [-0.3, -0.25) is 9.00 Å². The number of nitrogens with zero attached hydrogens (tertiary/aromatic N) is 2. The van der Waals surface area contributed by atoms with Gasteiger partial charge in [-0.05, 0) is 18.1 Å². The summed E-state index contributed by atoms with van der Waals surface area (Å²) in [4.78, 5) is 11.4. The number of hydrogen-bond donors (Lipinski definition) is 1. The van der Waals surface area contributed by atoms with Gasteiger partial charge in [0.05, 0.1) is 22.6 Å². The summed E-state index contributed by atoms with van der Waals surface area (Å²) in [5.41, 5.74) is 1.80. The normalized spacial score (nSPS) is 25.8. The molecule has 1 N–H and O–H groups in total. The zero-order valence-electron chi connectivity index (χ0n) is 14.3. The van der Waals surface area contributed by atoms with E-state index < -0.39 is 27.0 Å². The summed E-state index contributed by atoms with van der Waals surface area (Å²) in [6.07, 6.45) is 0. The van der Waals surface area contributed by atoms with E-state index in [0.29, 0.717) is 6.54 Å². The van der Waals surface area contributed by atoms with E-state index in [-0.39, 0.29) is 11.8 Å². The van der Waals surface area contributed by atoms with Crippen molar-refractivity contribution in [1.29, 1.82) is 0 Å². The summed E-state index contributed by atoms with van der Waals surface area (Å²) >= 11 is 6.48. The summed E-state index contributed by atoms with van der Waals surface area (Å²) in [5.74, 6) is -0.266. The maximum Gasteiger partial charge on any atom is 0.264 e. The molecule has 1 heterocycles. The summed E-state index contributed by atoms with van der Waals surface area (Å²) in [5, 5.41) is 10.2. The molecule has 0 bridgehead atoms. The van der Waals surface area contributed by atoms with Crippen molar-refractivity contribution in [3.05, 3.63) is 71.8 Å². The summed E-state index contributed by atoms with van der Waals surface area (Å²) in [7, 11) is -1.65. The highest BCUT2D eigenvalue weighted by Crippen LogP contribution is 2.37. The molecule has 0 spiro atoms. The number of amides is 1. The van der Waals surface area contributed by atoms with Crippen LogP contribution in [-0.4, -0.2) is 26.4 Å². The van der Waals surface area contributed by atoms with Gasteiger partial charge in [-0.1, -0.05) is 60.7 Å². The van der Waals surface area contributed by atoms with E-state index in [1.54, 1.807) is 6.92 Å². The van der Waals surface area contributed by atoms with Gasteiger partial charge in [-0.15, -0.1) is 11.6 Å². The highest BCUT2D eigenvalue weighted by Gasteiger charge is 2.56. The monoisotopic (exact) mass is 389 g/mol. The topological polar surface area (TPSA) is 70.9 Å². The molecule has 1 amide bonds. The van der Waals surface area contributed by atoms with Gasteiger partial charge in [0.25, 0.3) is 10.8 Å². The van der Waals surface area contributed by atoms with Crippen molar-refractivity contribution in [2.24, 2.45) is 10.2 Å². The number of rotatable bonds is 6. The second-order valence-electron chi connectivity index (χ2n) is 6.20. The van der Waals surface area contributed by atoms with Crippen molar-refractivity contribution >= 4 is 28.3 Å². The highest BCUT2D eigenvalue weighted by atomic mass is 35.5. The molecule has 0 fully saturated rings. The molecule has 0 saturated heterocycles. The third-order valence-corrected chi connectivity index (χ3v) is 6.92. The molecule has 136 valence electrons. The van der Waals surface area contributed by atoms with Crippen LogP contribution in [0.4, 0.5) is 0 Å². The number of nitrogens with one attached hydrogen (secondary N) is 1. The Labute approximate surface area is 160 Å². The largest absolute Gasteiger partial charge is 0.349 e. The molecule has 1 aliphatic heterocycles. The Bertz CT molecular complexity index is 816. The van der Waals surface area contributed by atoms with Crippen LogP contribution in [0.3, 0.4) is 0 Å². The lowest BCUT2D eigenvalue weighted by Crippen LogP contribution is -2.54. The van der Waals surface area contributed by atoms with Crippen LogP contribution in [0, 0.1) is 0 Å². The zero-order valence-corrected chi connectivity index (χ0v) is 15.9. The van der Waals surface area contributed by atoms with Crippen LogP contribution in [0.15, 0.2) is 70.9 Å². The lowest BCUT2D eigenvalue weighted by atomic mass is 10.1. The fraction of sp³-hybridized carbons (Fsp3) is 0.316. The van der Waals surface area contributed by atoms with Gasteiger partial charge >= 0.3 is 0 Å². The standard InChI is InChI=1S/C19H20ClN3O2S/c1-14-17(20)19(23-22-14,26(25)13-16-10-6-3-7-11-16)18(24)21-12-15-8-4-2-5-9-15/h2-11,14,17H,12-13H2,1H3,(H,21,24)/t14-,17-,19+,26+/m0/s1. The maximum atomic E-state index is 13.2. The molecule has 2 aromatic carbocycles. The van der Waals surface area contributed by atoms with Gasteiger partial charge in [0.15, 0.2) is 0 Å². The van der Waals surface area contributed by atoms with E-state index in [1.807, 2.05) is 60.7 Å². The van der Waals surface area contributed by atoms with E-state index in [0.717, 1.165) is 11.1 Å². The minimum Gasteiger partial charge on any atom is -0.349 e. The smallest absolute Gasteiger partial charge is 0.264 e. The predicted octanol–water partition coefficient (Wildman–Crippen LogP) is 3.41. The van der Waals surface area contributed by atoms with Crippen LogP contribution >= 0.6 is 11.6 Å². The van der Waals surface area contributed by atoms with E-state index in [2.05, 4.69) is 15.5 Å². The number of azo groups is 1. The molecule has 3 rings (SSSR count). The van der Waals surface area contributed by atoms with Crippen molar-refractivity contribution in [3.63, 3.8) is 0 Å². The number of carbonyl (C=O) groups excluding carboxylic acids is 1. The lowest BCUT2D eigenvalue weighted by Gasteiger charge is -2.27. The molecule has 26 heavy (non-hydrogen) atoms. The minimum absolute atomic E-state index is 0.189. The van der Waals surface area contributed by atoms with Crippen LogP contribution in [0.5, 0.6) is 0 Å². The molecule has 0 aliphatic carbocycles. The SMILES string of the molecule is C[C@@H]1N=N[C@@](C(=O)NCc2ccccc2)([S@](=O)Cc2ccccc2)[C@H]1Cl. The van der Waals surface area contributed by atoms with Crippen molar-refractivity contribution in [2.45, 2.75) is 35.5 Å². The molecule has 0 aromatic heterocycles. The molecule has 7 heteroatoms. The average molecular weight is 390 g/mol. The van der Waals surface area contributed by atoms with Gasteiger partial charge in [0.2, 0.25) is 0 Å². The summed E-state index contributed by atoms with van der Waals surface area (Å²) in [6.45, 7) is 2.09. The fourth-order valence-corrected chi connectivity index (χ4v) is 4.87. The molecule has 4 atom stereocenters. The second kappa shape index (κ2) is 8.10. The Morgan fingerprint density at radius 2 is 1.69 bits per heavy atom. The molecule has 1 aliphatic rings. The van der Waals surface area contributed by atoms with Crippen molar-refractivity contribution < 1.29 is 9.00 Å². The summed E-state index contributed by atoms with van der Waals surface area (Å²) in [6, 6.07) is 18.5. The molecule has 0 radical (unpaired) electrons. The van der Waals surface area contributed by atoms with Crippen LogP contribution in [0.1, 0.15) is 18.1 Å². The van der Waals surface area contributed by atoms with Crippen molar-refractivity contribution in [1.82, 2.24) is 5.32 Å². The van der Waals surface area contributed by atoms with E-state index in [9.17, 15) is 9.00 Å². The van der Waals surface area contributed by atoms with Gasteiger partial charge in [-0.2, -0.15) is 10.2 Å².